The minimum Gasteiger partial charge on any atom is -0.384 e. The highest BCUT2D eigenvalue weighted by atomic mass is 32.1. The summed E-state index contributed by atoms with van der Waals surface area (Å²) in [6.45, 7) is 1.99. The van der Waals surface area contributed by atoms with E-state index in [9.17, 15) is 0 Å². The van der Waals surface area contributed by atoms with Gasteiger partial charge in [0, 0.05) is 18.0 Å². The molecule has 82 valence electrons. The lowest BCUT2D eigenvalue weighted by atomic mass is 10.1. The SMILES string of the molecule is Nc1cccc(N2CCc3sccc3C2)n1. The normalized spacial score (nSPS) is 14.9. The van der Waals surface area contributed by atoms with Gasteiger partial charge in [-0.05, 0) is 35.6 Å². The Morgan fingerprint density at radius 2 is 2.25 bits per heavy atom. The first-order valence-corrected chi connectivity index (χ1v) is 6.23. The van der Waals surface area contributed by atoms with E-state index in [0.29, 0.717) is 5.82 Å². The first-order chi connectivity index (χ1) is 7.83. The third-order valence-corrected chi connectivity index (χ3v) is 3.91. The van der Waals surface area contributed by atoms with Gasteiger partial charge in [-0.25, -0.2) is 4.98 Å². The summed E-state index contributed by atoms with van der Waals surface area (Å²) in [5.74, 6) is 1.57. The van der Waals surface area contributed by atoms with Crippen molar-refractivity contribution in [1.29, 1.82) is 0 Å². The molecule has 2 aromatic rings. The lowest BCUT2D eigenvalue weighted by Gasteiger charge is -2.28. The van der Waals surface area contributed by atoms with E-state index in [1.165, 1.54) is 10.4 Å². The van der Waals surface area contributed by atoms with Crippen LogP contribution in [0.15, 0.2) is 29.6 Å². The van der Waals surface area contributed by atoms with Crippen molar-refractivity contribution >= 4 is 23.0 Å². The van der Waals surface area contributed by atoms with E-state index >= 15 is 0 Å². The largest absolute Gasteiger partial charge is 0.384 e. The average Bonchev–Trinajstić information content (AvgIpc) is 2.75. The Labute approximate surface area is 98.5 Å². The van der Waals surface area contributed by atoms with Crippen LogP contribution in [0.2, 0.25) is 0 Å². The summed E-state index contributed by atoms with van der Waals surface area (Å²) < 4.78 is 0. The molecule has 2 aromatic heterocycles. The Kier molecular flexibility index (Phi) is 2.29. The highest BCUT2D eigenvalue weighted by Gasteiger charge is 2.18. The van der Waals surface area contributed by atoms with Crippen molar-refractivity contribution in [2.75, 3.05) is 17.2 Å². The van der Waals surface area contributed by atoms with Gasteiger partial charge in [-0.3, -0.25) is 0 Å². The van der Waals surface area contributed by atoms with E-state index in [1.54, 1.807) is 0 Å². The molecule has 0 radical (unpaired) electrons. The van der Waals surface area contributed by atoms with Gasteiger partial charge in [0.15, 0.2) is 0 Å². The van der Waals surface area contributed by atoms with Crippen molar-refractivity contribution in [2.45, 2.75) is 13.0 Å². The molecular formula is C12H13N3S. The molecule has 1 aliphatic heterocycles. The molecule has 2 N–H and O–H groups in total. The van der Waals surface area contributed by atoms with Gasteiger partial charge in [0.05, 0.1) is 0 Å². The summed E-state index contributed by atoms with van der Waals surface area (Å²) in [7, 11) is 0. The maximum absolute atomic E-state index is 5.70. The molecule has 0 amide bonds. The number of anilines is 2. The number of aromatic nitrogens is 1. The second-order valence-electron chi connectivity index (χ2n) is 3.96. The summed E-state index contributed by atoms with van der Waals surface area (Å²) in [5, 5.41) is 2.17. The van der Waals surface area contributed by atoms with Crippen LogP contribution >= 0.6 is 11.3 Å². The van der Waals surface area contributed by atoms with Crippen LogP contribution < -0.4 is 10.6 Å². The molecule has 0 fully saturated rings. The lowest BCUT2D eigenvalue weighted by molar-refractivity contribution is 0.733. The van der Waals surface area contributed by atoms with Crippen LogP contribution in [0.4, 0.5) is 11.6 Å². The quantitative estimate of drug-likeness (QED) is 0.818. The molecule has 0 saturated heterocycles. The predicted octanol–water partition coefficient (Wildman–Crippen LogP) is 2.29. The third kappa shape index (κ3) is 1.65. The molecule has 0 atom stereocenters. The van der Waals surface area contributed by atoms with Crippen molar-refractivity contribution in [2.24, 2.45) is 0 Å². The molecule has 0 aliphatic carbocycles. The number of nitrogen functional groups attached to an aromatic ring is 1. The highest BCUT2D eigenvalue weighted by Crippen LogP contribution is 2.26. The number of hydrogen-bond acceptors (Lipinski definition) is 4. The molecular weight excluding hydrogens is 218 g/mol. The average molecular weight is 231 g/mol. The van der Waals surface area contributed by atoms with Crippen LogP contribution in [0.3, 0.4) is 0 Å². The molecule has 1 aliphatic rings. The van der Waals surface area contributed by atoms with E-state index in [1.807, 2.05) is 29.5 Å². The van der Waals surface area contributed by atoms with E-state index < -0.39 is 0 Å². The Morgan fingerprint density at radius 1 is 1.31 bits per heavy atom. The fourth-order valence-electron chi connectivity index (χ4n) is 2.06. The fourth-order valence-corrected chi connectivity index (χ4v) is 2.95. The molecule has 0 unspecified atom stereocenters. The van der Waals surface area contributed by atoms with Crippen molar-refractivity contribution in [1.82, 2.24) is 4.98 Å². The second-order valence-corrected chi connectivity index (χ2v) is 4.96. The van der Waals surface area contributed by atoms with Gasteiger partial charge < -0.3 is 10.6 Å². The van der Waals surface area contributed by atoms with Crippen molar-refractivity contribution < 1.29 is 0 Å². The zero-order valence-corrected chi connectivity index (χ0v) is 9.70. The van der Waals surface area contributed by atoms with Crippen molar-refractivity contribution in [3.05, 3.63) is 40.1 Å². The molecule has 0 spiro atoms. The van der Waals surface area contributed by atoms with Gasteiger partial charge in [-0.1, -0.05) is 6.07 Å². The first kappa shape index (κ1) is 9.66. The molecule has 3 rings (SSSR count). The monoisotopic (exact) mass is 231 g/mol. The van der Waals surface area contributed by atoms with Gasteiger partial charge in [-0.2, -0.15) is 0 Å². The number of hydrogen-bond donors (Lipinski definition) is 1. The van der Waals surface area contributed by atoms with E-state index in [4.69, 9.17) is 5.73 Å². The summed E-state index contributed by atoms with van der Waals surface area (Å²) in [4.78, 5) is 8.16. The minimum absolute atomic E-state index is 0.591. The molecule has 4 heteroatoms. The number of fused-ring (bicyclic) bond motifs is 1. The van der Waals surface area contributed by atoms with E-state index in [0.717, 1.165) is 25.3 Å². The Morgan fingerprint density at radius 3 is 3.12 bits per heavy atom. The molecule has 16 heavy (non-hydrogen) atoms. The number of rotatable bonds is 1. The predicted molar refractivity (Wildman–Crippen MR) is 67.7 cm³/mol. The van der Waals surface area contributed by atoms with Crippen molar-refractivity contribution in [3.63, 3.8) is 0 Å². The van der Waals surface area contributed by atoms with Crippen LogP contribution in [-0.2, 0) is 13.0 Å². The number of thiophene rings is 1. The van der Waals surface area contributed by atoms with Crippen molar-refractivity contribution in [3.8, 4) is 0 Å². The Bertz CT molecular complexity index is 506. The van der Waals surface area contributed by atoms with Crippen LogP contribution in [0.5, 0.6) is 0 Å². The standard InChI is InChI=1S/C12H13N3S/c13-11-2-1-3-12(14-11)15-6-4-10-9(8-15)5-7-16-10/h1-3,5,7H,4,6,8H2,(H2,13,14). The highest BCUT2D eigenvalue weighted by molar-refractivity contribution is 7.10. The van der Waals surface area contributed by atoms with Crippen LogP contribution in [-0.4, -0.2) is 11.5 Å². The zero-order valence-electron chi connectivity index (χ0n) is 8.89. The van der Waals surface area contributed by atoms with Gasteiger partial charge in [0.1, 0.15) is 11.6 Å². The number of nitrogens with zero attached hydrogens (tertiary/aromatic N) is 2. The summed E-state index contributed by atoms with van der Waals surface area (Å²) in [6, 6.07) is 8.01. The fraction of sp³-hybridized carbons (Fsp3) is 0.250. The van der Waals surface area contributed by atoms with Gasteiger partial charge in [0.25, 0.3) is 0 Å². The van der Waals surface area contributed by atoms with Gasteiger partial charge in [0.2, 0.25) is 0 Å². The molecule has 0 saturated carbocycles. The smallest absolute Gasteiger partial charge is 0.131 e. The Balaban J connectivity index is 1.88. The van der Waals surface area contributed by atoms with Crippen LogP contribution in [0.25, 0.3) is 0 Å². The zero-order chi connectivity index (χ0) is 11.0. The molecule has 3 nitrogen and oxygen atoms in total. The summed E-state index contributed by atoms with van der Waals surface area (Å²) in [5.41, 5.74) is 7.14. The van der Waals surface area contributed by atoms with E-state index in [2.05, 4.69) is 21.3 Å². The summed E-state index contributed by atoms with van der Waals surface area (Å²) >= 11 is 1.85. The first-order valence-electron chi connectivity index (χ1n) is 5.35. The number of nitrogens with two attached hydrogens (primary N) is 1. The molecule has 0 bridgehead atoms. The minimum atomic E-state index is 0.591. The van der Waals surface area contributed by atoms with Crippen LogP contribution in [0.1, 0.15) is 10.4 Å². The van der Waals surface area contributed by atoms with E-state index in [-0.39, 0.29) is 0 Å². The third-order valence-electron chi connectivity index (χ3n) is 2.89. The summed E-state index contributed by atoms with van der Waals surface area (Å²) in [6.07, 6.45) is 1.11. The molecule has 0 aromatic carbocycles. The topological polar surface area (TPSA) is 42.1 Å². The maximum atomic E-state index is 5.70. The van der Waals surface area contributed by atoms with Crippen LogP contribution in [0, 0.1) is 0 Å². The number of pyridine rings is 1. The maximum Gasteiger partial charge on any atom is 0.131 e. The van der Waals surface area contributed by atoms with Gasteiger partial charge >= 0.3 is 0 Å². The van der Waals surface area contributed by atoms with Gasteiger partial charge in [-0.15, -0.1) is 11.3 Å². The lowest BCUT2D eigenvalue weighted by Crippen LogP contribution is -2.30. The Hall–Kier alpha value is -1.55. The molecule has 3 heterocycles. The second kappa shape index (κ2) is 3.79.